The van der Waals surface area contributed by atoms with Gasteiger partial charge in [-0.2, -0.15) is 4.98 Å². The fourth-order valence-electron chi connectivity index (χ4n) is 4.09. The van der Waals surface area contributed by atoms with Gasteiger partial charge in [-0.3, -0.25) is 14.3 Å². The molecule has 1 aliphatic heterocycles. The maximum atomic E-state index is 13.7. The van der Waals surface area contributed by atoms with Crippen LogP contribution in [-0.4, -0.2) is 61.2 Å². The molecule has 0 spiro atoms. The van der Waals surface area contributed by atoms with Gasteiger partial charge in [0.05, 0.1) is 43.4 Å². The summed E-state index contributed by atoms with van der Waals surface area (Å²) in [6.45, 7) is 2.03. The van der Waals surface area contributed by atoms with Crippen molar-refractivity contribution in [1.29, 1.82) is 0 Å². The van der Waals surface area contributed by atoms with Crippen molar-refractivity contribution in [2.45, 2.75) is 25.8 Å². The molecule has 3 aromatic heterocycles. The summed E-state index contributed by atoms with van der Waals surface area (Å²) in [5.74, 6) is 0.00579. The largest absolute Gasteiger partial charge is 0.465 e. The highest BCUT2D eigenvalue weighted by atomic mass is 35.5. The van der Waals surface area contributed by atoms with Crippen LogP contribution in [0.1, 0.15) is 5.69 Å². The molecule has 0 unspecified atom stereocenters. The first-order valence-corrected chi connectivity index (χ1v) is 11.6. The van der Waals surface area contributed by atoms with E-state index in [1.165, 1.54) is 10.8 Å². The van der Waals surface area contributed by atoms with Crippen LogP contribution >= 0.6 is 11.6 Å². The Kier molecular flexibility index (Phi) is 6.70. The number of ether oxygens (including phenoxy) is 2. The predicted octanol–water partition coefficient (Wildman–Crippen LogP) is 2.47. The molecule has 1 aromatic carbocycles. The number of nitrogen functional groups attached to an aromatic ring is 1. The number of fused-ring (bicyclic) bond motifs is 1. The zero-order chi connectivity index (χ0) is 26.1. The number of amides is 1. The Hall–Kier alpha value is -4.13. The molecule has 190 valence electrons. The van der Waals surface area contributed by atoms with Gasteiger partial charge in [-0.25, -0.2) is 14.8 Å². The van der Waals surface area contributed by atoms with Crippen LogP contribution in [0.3, 0.4) is 0 Å². The third kappa shape index (κ3) is 5.21. The van der Waals surface area contributed by atoms with Gasteiger partial charge in [0, 0.05) is 39.5 Å². The smallest absolute Gasteiger partial charge is 0.405 e. The Morgan fingerprint density at radius 1 is 1.19 bits per heavy atom. The van der Waals surface area contributed by atoms with Crippen molar-refractivity contribution in [3.05, 3.63) is 63.9 Å². The van der Waals surface area contributed by atoms with Crippen LogP contribution in [0, 0.1) is 6.92 Å². The zero-order valence-corrected chi connectivity index (χ0v) is 20.3. The molecule has 0 bridgehead atoms. The average molecular weight is 524 g/mol. The number of rotatable bonds is 5. The molecule has 1 saturated heterocycles. The van der Waals surface area contributed by atoms with Crippen molar-refractivity contribution in [1.82, 2.24) is 29.8 Å². The topological polar surface area (TPSA) is 167 Å². The van der Waals surface area contributed by atoms with Crippen LogP contribution in [0.5, 0.6) is 0 Å². The highest BCUT2D eigenvalue weighted by molar-refractivity contribution is 6.33. The zero-order valence-electron chi connectivity index (χ0n) is 19.6. The third-order valence-corrected chi connectivity index (χ3v) is 6.09. The van der Waals surface area contributed by atoms with Crippen LogP contribution in [0.15, 0.2) is 47.7 Å². The first-order valence-electron chi connectivity index (χ1n) is 11.3. The van der Waals surface area contributed by atoms with E-state index in [1.54, 1.807) is 30.6 Å². The van der Waals surface area contributed by atoms with Crippen molar-refractivity contribution < 1.29 is 19.4 Å². The number of nitrogens with zero attached hydrogens (tertiary/aromatic N) is 5. The summed E-state index contributed by atoms with van der Waals surface area (Å²) in [6.07, 6.45) is 2.85. The molecule has 0 aliphatic carbocycles. The molecule has 1 fully saturated rings. The van der Waals surface area contributed by atoms with E-state index in [2.05, 4.69) is 25.3 Å². The van der Waals surface area contributed by atoms with Gasteiger partial charge in [0.15, 0.2) is 6.29 Å². The Morgan fingerprint density at radius 2 is 1.97 bits per heavy atom. The van der Waals surface area contributed by atoms with Crippen LogP contribution in [0.2, 0.25) is 5.02 Å². The van der Waals surface area contributed by atoms with E-state index in [4.69, 9.17) is 31.9 Å². The van der Waals surface area contributed by atoms with E-state index in [0.29, 0.717) is 32.9 Å². The number of benzene rings is 1. The average Bonchev–Trinajstić information content (AvgIpc) is 2.87. The number of aromatic nitrogens is 5. The van der Waals surface area contributed by atoms with Crippen molar-refractivity contribution >= 4 is 34.7 Å². The van der Waals surface area contributed by atoms with E-state index < -0.39 is 18.4 Å². The minimum atomic E-state index is -1.17. The lowest BCUT2D eigenvalue weighted by Gasteiger charge is -2.29. The van der Waals surface area contributed by atoms with Crippen molar-refractivity contribution in [2.75, 3.05) is 18.9 Å². The number of anilines is 1. The quantitative estimate of drug-likeness (QED) is 0.353. The van der Waals surface area contributed by atoms with Gasteiger partial charge in [0.1, 0.15) is 5.65 Å². The number of nitrogens with one attached hydrogen (secondary N) is 1. The maximum absolute atomic E-state index is 13.7. The van der Waals surface area contributed by atoms with Crippen LogP contribution in [0.25, 0.3) is 33.4 Å². The Morgan fingerprint density at radius 3 is 2.68 bits per heavy atom. The summed E-state index contributed by atoms with van der Waals surface area (Å²) in [7, 11) is 0. The fraction of sp³-hybridized carbons (Fsp3) is 0.250. The Bertz CT molecular complexity index is 1550. The second-order valence-electron chi connectivity index (χ2n) is 8.46. The predicted molar refractivity (Wildman–Crippen MR) is 135 cm³/mol. The SMILES string of the molecule is Cc1cncc(-c2ccc(-c3cc4cnc(N)nc4n(CC4OCC(NC(=O)O)CO4)c3=O)c(Cl)c2)n1. The first-order chi connectivity index (χ1) is 17.8. The molecule has 4 N–H and O–H groups in total. The van der Waals surface area contributed by atoms with Crippen molar-refractivity contribution in [3.8, 4) is 22.4 Å². The Balaban J connectivity index is 1.52. The lowest BCUT2D eigenvalue weighted by molar-refractivity contribution is -0.194. The van der Waals surface area contributed by atoms with Gasteiger partial charge in [-0.05, 0) is 19.1 Å². The van der Waals surface area contributed by atoms with Gasteiger partial charge >= 0.3 is 6.09 Å². The molecule has 0 saturated carbocycles. The monoisotopic (exact) mass is 523 g/mol. The standard InChI is InChI=1S/C24H22ClN7O5/c1-12-6-27-8-19(29-12)13-2-3-16(18(25)5-13)17-4-14-7-28-23(26)31-21(14)32(22(17)33)9-20-36-10-15(11-37-20)30-24(34)35/h2-8,15,20,30H,9-11H2,1H3,(H,34,35)(H2,26,28,31). The minimum absolute atomic E-state index is 0.00579. The van der Waals surface area contributed by atoms with Gasteiger partial charge in [0.25, 0.3) is 5.56 Å². The van der Waals surface area contributed by atoms with E-state index >= 15 is 0 Å². The fourth-order valence-corrected chi connectivity index (χ4v) is 4.37. The number of pyridine rings is 1. The molecule has 1 aliphatic rings. The third-order valence-electron chi connectivity index (χ3n) is 5.78. The molecule has 1 amide bonds. The highest BCUT2D eigenvalue weighted by Gasteiger charge is 2.26. The van der Waals surface area contributed by atoms with E-state index in [9.17, 15) is 9.59 Å². The molecule has 0 radical (unpaired) electrons. The summed E-state index contributed by atoms with van der Waals surface area (Å²) in [5.41, 5.74) is 8.76. The van der Waals surface area contributed by atoms with Gasteiger partial charge in [-0.1, -0.05) is 23.7 Å². The summed E-state index contributed by atoms with van der Waals surface area (Å²) in [4.78, 5) is 41.5. The number of hydrogen-bond donors (Lipinski definition) is 3. The van der Waals surface area contributed by atoms with Crippen LogP contribution < -0.4 is 16.6 Å². The number of halogens is 1. The molecular weight excluding hydrogens is 502 g/mol. The van der Waals surface area contributed by atoms with E-state index in [-0.39, 0.29) is 31.3 Å². The molecule has 12 nitrogen and oxygen atoms in total. The lowest BCUT2D eigenvalue weighted by atomic mass is 10.0. The van der Waals surface area contributed by atoms with Crippen LogP contribution in [0.4, 0.5) is 10.7 Å². The van der Waals surface area contributed by atoms with Crippen molar-refractivity contribution in [3.63, 3.8) is 0 Å². The number of hydrogen-bond acceptors (Lipinski definition) is 9. The van der Waals surface area contributed by atoms with E-state index in [0.717, 1.165) is 11.3 Å². The minimum Gasteiger partial charge on any atom is -0.465 e. The summed E-state index contributed by atoms with van der Waals surface area (Å²) < 4.78 is 12.7. The van der Waals surface area contributed by atoms with Gasteiger partial charge < -0.3 is 25.6 Å². The summed E-state index contributed by atoms with van der Waals surface area (Å²) >= 11 is 6.65. The molecule has 4 heterocycles. The molecular formula is C24H22ClN7O5. The number of carbonyl (C=O) groups is 1. The molecule has 5 rings (SSSR count). The molecule has 13 heteroatoms. The van der Waals surface area contributed by atoms with Gasteiger partial charge in [0.2, 0.25) is 5.95 Å². The highest BCUT2D eigenvalue weighted by Crippen LogP contribution is 2.31. The summed E-state index contributed by atoms with van der Waals surface area (Å²) in [5, 5.41) is 12.1. The second-order valence-corrected chi connectivity index (χ2v) is 8.87. The second kappa shape index (κ2) is 10.1. The summed E-state index contributed by atoms with van der Waals surface area (Å²) in [6, 6.07) is 6.46. The number of aryl methyl sites for hydroxylation is 1. The van der Waals surface area contributed by atoms with E-state index in [1.807, 2.05) is 13.0 Å². The molecule has 0 atom stereocenters. The maximum Gasteiger partial charge on any atom is 0.405 e. The Labute approximate surface area is 215 Å². The molecule has 37 heavy (non-hydrogen) atoms. The number of nitrogens with two attached hydrogens (primary N) is 1. The normalized spacial score (nSPS) is 17.6. The number of carboxylic acid groups (broad SMARTS) is 1. The molecule has 4 aromatic rings. The van der Waals surface area contributed by atoms with Gasteiger partial charge in [-0.15, -0.1) is 0 Å². The van der Waals surface area contributed by atoms with Crippen LogP contribution in [-0.2, 0) is 16.0 Å². The first kappa shape index (κ1) is 24.6. The van der Waals surface area contributed by atoms with Crippen molar-refractivity contribution in [2.24, 2.45) is 0 Å². The lowest BCUT2D eigenvalue weighted by Crippen LogP contribution is -2.48.